The summed E-state index contributed by atoms with van der Waals surface area (Å²) in [7, 11) is 4.28. The van der Waals surface area contributed by atoms with Crippen molar-refractivity contribution in [1.82, 2.24) is 10.2 Å². The van der Waals surface area contributed by atoms with E-state index in [9.17, 15) is 0 Å². The van der Waals surface area contributed by atoms with Crippen LogP contribution in [0.3, 0.4) is 0 Å². The second-order valence-corrected chi connectivity index (χ2v) is 6.19. The Hall–Kier alpha value is -0.770. The number of benzene rings is 1. The lowest BCUT2D eigenvalue weighted by atomic mass is 10.1. The highest BCUT2D eigenvalue weighted by molar-refractivity contribution is 6.33. The molecule has 0 aromatic heterocycles. The van der Waals surface area contributed by atoms with E-state index in [1.807, 2.05) is 6.07 Å². The Morgan fingerprint density at radius 3 is 2.90 bits per heavy atom. The van der Waals surface area contributed by atoms with Crippen molar-refractivity contribution >= 4 is 17.3 Å². The van der Waals surface area contributed by atoms with Crippen molar-refractivity contribution < 1.29 is 0 Å². The fourth-order valence-corrected chi connectivity index (χ4v) is 3.33. The largest absolute Gasteiger partial charge is 0.366 e. The molecule has 1 saturated heterocycles. The first kappa shape index (κ1) is 15.6. The molecule has 0 bridgehead atoms. The average Bonchev–Trinajstić information content (AvgIpc) is 2.83. The molecule has 0 spiro atoms. The molecule has 0 saturated carbocycles. The van der Waals surface area contributed by atoms with Crippen molar-refractivity contribution in [2.45, 2.75) is 32.4 Å². The number of rotatable bonds is 6. The number of nitrogens with one attached hydrogen (secondary N) is 1. The minimum absolute atomic E-state index is 0.574. The second-order valence-electron chi connectivity index (χ2n) is 5.78. The topological polar surface area (TPSA) is 18.5 Å². The Morgan fingerprint density at radius 2 is 2.20 bits per heavy atom. The third kappa shape index (κ3) is 3.66. The van der Waals surface area contributed by atoms with Gasteiger partial charge >= 0.3 is 0 Å². The van der Waals surface area contributed by atoms with Crippen LogP contribution in [0, 0.1) is 0 Å². The van der Waals surface area contributed by atoms with Crippen LogP contribution in [0.25, 0.3) is 0 Å². The van der Waals surface area contributed by atoms with Gasteiger partial charge in [-0.25, -0.2) is 0 Å². The van der Waals surface area contributed by atoms with Crippen LogP contribution < -0.4 is 10.2 Å². The van der Waals surface area contributed by atoms with E-state index >= 15 is 0 Å². The summed E-state index contributed by atoms with van der Waals surface area (Å²) in [5.74, 6) is 0. The number of hydrogen-bond donors (Lipinski definition) is 1. The predicted molar refractivity (Wildman–Crippen MR) is 87.8 cm³/mol. The van der Waals surface area contributed by atoms with Crippen LogP contribution in [-0.4, -0.2) is 44.7 Å². The highest BCUT2D eigenvalue weighted by Gasteiger charge is 2.28. The summed E-state index contributed by atoms with van der Waals surface area (Å²) < 4.78 is 0. The molecule has 0 amide bonds. The Labute approximate surface area is 127 Å². The van der Waals surface area contributed by atoms with Gasteiger partial charge < -0.3 is 15.1 Å². The highest BCUT2D eigenvalue weighted by Crippen LogP contribution is 2.35. The van der Waals surface area contributed by atoms with Gasteiger partial charge in [-0.2, -0.15) is 0 Å². The molecule has 20 heavy (non-hydrogen) atoms. The maximum Gasteiger partial charge on any atom is 0.0643 e. The average molecular weight is 296 g/mol. The third-order valence-corrected chi connectivity index (χ3v) is 4.18. The number of likely N-dealkylation sites (N-methyl/N-ethyl adjacent to an activating group) is 1. The van der Waals surface area contributed by atoms with Gasteiger partial charge in [0.2, 0.25) is 0 Å². The van der Waals surface area contributed by atoms with E-state index in [4.69, 9.17) is 11.6 Å². The van der Waals surface area contributed by atoms with Crippen LogP contribution in [0.1, 0.15) is 25.3 Å². The van der Waals surface area contributed by atoms with Crippen LogP contribution >= 0.6 is 11.6 Å². The third-order valence-electron chi connectivity index (χ3n) is 3.88. The standard InChI is InChI=1S/C16H26ClN3/c1-4-18-11-13-7-5-9-15(17)16(13)20-10-6-8-14(20)12-19(2)3/h5,7,9,14,18H,4,6,8,10-12H2,1-3H3. The van der Waals surface area contributed by atoms with Crippen LogP contribution in [0.15, 0.2) is 18.2 Å². The first-order valence-electron chi connectivity index (χ1n) is 7.53. The SMILES string of the molecule is CCNCc1cccc(Cl)c1N1CCCC1CN(C)C. The molecule has 0 aliphatic carbocycles. The first-order chi connectivity index (χ1) is 9.63. The summed E-state index contributed by atoms with van der Waals surface area (Å²) in [6.45, 7) is 6.20. The van der Waals surface area contributed by atoms with Gasteiger partial charge in [0.15, 0.2) is 0 Å². The lowest BCUT2D eigenvalue weighted by Gasteiger charge is -2.31. The van der Waals surface area contributed by atoms with Crippen molar-refractivity contribution in [3.8, 4) is 0 Å². The van der Waals surface area contributed by atoms with Crippen LogP contribution in [0.5, 0.6) is 0 Å². The Morgan fingerprint density at radius 1 is 1.40 bits per heavy atom. The molecule has 1 aromatic rings. The monoisotopic (exact) mass is 295 g/mol. The molecule has 2 rings (SSSR count). The maximum absolute atomic E-state index is 6.51. The minimum Gasteiger partial charge on any atom is -0.366 e. The zero-order valence-corrected chi connectivity index (χ0v) is 13.6. The van der Waals surface area contributed by atoms with Gasteiger partial charge in [0.1, 0.15) is 0 Å². The summed E-state index contributed by atoms with van der Waals surface area (Å²) in [4.78, 5) is 4.78. The van der Waals surface area contributed by atoms with Gasteiger partial charge in [0.25, 0.3) is 0 Å². The molecule has 0 radical (unpaired) electrons. The Bertz CT molecular complexity index is 434. The molecule has 1 N–H and O–H groups in total. The van der Waals surface area contributed by atoms with Crippen molar-refractivity contribution in [1.29, 1.82) is 0 Å². The number of halogens is 1. The van der Waals surface area contributed by atoms with Crippen molar-refractivity contribution in [2.24, 2.45) is 0 Å². The molecule has 3 nitrogen and oxygen atoms in total. The highest BCUT2D eigenvalue weighted by atomic mass is 35.5. The summed E-state index contributed by atoms with van der Waals surface area (Å²) in [5, 5.41) is 4.30. The van der Waals surface area contributed by atoms with Crippen LogP contribution in [0.4, 0.5) is 5.69 Å². The first-order valence-corrected chi connectivity index (χ1v) is 7.90. The molecule has 1 unspecified atom stereocenters. The number of anilines is 1. The molecular weight excluding hydrogens is 270 g/mol. The predicted octanol–water partition coefficient (Wildman–Crippen LogP) is 2.98. The van der Waals surface area contributed by atoms with E-state index in [0.717, 1.165) is 31.2 Å². The van der Waals surface area contributed by atoms with E-state index in [-0.39, 0.29) is 0 Å². The normalized spacial score (nSPS) is 19.1. The summed E-state index contributed by atoms with van der Waals surface area (Å²) in [5.41, 5.74) is 2.55. The zero-order valence-electron chi connectivity index (χ0n) is 12.8. The quantitative estimate of drug-likeness (QED) is 0.870. The fraction of sp³-hybridized carbons (Fsp3) is 0.625. The minimum atomic E-state index is 0.574. The van der Waals surface area contributed by atoms with Crippen LogP contribution in [-0.2, 0) is 6.54 Å². The summed E-state index contributed by atoms with van der Waals surface area (Å²) >= 11 is 6.51. The zero-order chi connectivity index (χ0) is 14.5. The van der Waals surface area contributed by atoms with E-state index in [1.165, 1.54) is 24.1 Å². The molecule has 112 valence electrons. The molecule has 1 atom stereocenters. The van der Waals surface area contributed by atoms with E-state index in [1.54, 1.807) is 0 Å². The van der Waals surface area contributed by atoms with E-state index in [0.29, 0.717) is 6.04 Å². The second kappa shape index (κ2) is 7.30. The summed E-state index contributed by atoms with van der Waals surface area (Å²) in [6, 6.07) is 6.83. The van der Waals surface area contributed by atoms with Gasteiger partial charge in [0.05, 0.1) is 10.7 Å². The number of hydrogen-bond acceptors (Lipinski definition) is 3. The van der Waals surface area contributed by atoms with Gasteiger partial charge in [0, 0.05) is 25.7 Å². The Balaban J connectivity index is 2.25. The molecule has 1 aromatic carbocycles. The lowest BCUT2D eigenvalue weighted by Crippen LogP contribution is -2.38. The van der Waals surface area contributed by atoms with Gasteiger partial charge in [-0.15, -0.1) is 0 Å². The van der Waals surface area contributed by atoms with Crippen LogP contribution in [0.2, 0.25) is 5.02 Å². The number of nitrogens with zero attached hydrogens (tertiary/aromatic N) is 2. The Kier molecular flexibility index (Phi) is 5.70. The molecular formula is C16H26ClN3. The fourth-order valence-electron chi connectivity index (χ4n) is 3.03. The van der Waals surface area contributed by atoms with E-state index < -0.39 is 0 Å². The van der Waals surface area contributed by atoms with Gasteiger partial charge in [-0.1, -0.05) is 30.7 Å². The van der Waals surface area contributed by atoms with Gasteiger partial charge in [-0.05, 0) is 45.1 Å². The molecule has 1 aliphatic heterocycles. The molecule has 1 fully saturated rings. The van der Waals surface area contributed by atoms with Crippen molar-refractivity contribution in [2.75, 3.05) is 38.6 Å². The number of para-hydroxylation sites is 1. The maximum atomic E-state index is 6.51. The molecule has 1 heterocycles. The van der Waals surface area contributed by atoms with Crippen molar-refractivity contribution in [3.63, 3.8) is 0 Å². The van der Waals surface area contributed by atoms with Crippen molar-refractivity contribution in [3.05, 3.63) is 28.8 Å². The lowest BCUT2D eigenvalue weighted by molar-refractivity contribution is 0.372. The molecule has 1 aliphatic rings. The van der Waals surface area contributed by atoms with E-state index in [2.05, 4.69) is 48.3 Å². The summed E-state index contributed by atoms with van der Waals surface area (Å²) in [6.07, 6.45) is 2.51. The van der Waals surface area contributed by atoms with Gasteiger partial charge in [-0.3, -0.25) is 0 Å². The smallest absolute Gasteiger partial charge is 0.0643 e. The molecule has 4 heteroatoms.